The molecule has 2 amide bonds. The van der Waals surface area contributed by atoms with Crippen LogP contribution in [0.3, 0.4) is 0 Å². The lowest BCUT2D eigenvalue weighted by Gasteiger charge is -2.35. The van der Waals surface area contributed by atoms with Crippen LogP contribution in [-0.2, 0) is 10.3 Å². The van der Waals surface area contributed by atoms with E-state index in [0.717, 1.165) is 23.1 Å². The lowest BCUT2D eigenvalue weighted by atomic mass is 9.90. The Labute approximate surface area is 136 Å². The molecule has 0 radical (unpaired) electrons. The summed E-state index contributed by atoms with van der Waals surface area (Å²) in [7, 11) is 0. The molecule has 124 valence electrons. The predicted molar refractivity (Wildman–Crippen MR) is 79.5 cm³/mol. The summed E-state index contributed by atoms with van der Waals surface area (Å²) in [6.07, 6.45) is 4.76. The van der Waals surface area contributed by atoms with Gasteiger partial charge in [-0.05, 0) is 25.0 Å². The number of hydrogen-bond acceptors (Lipinski definition) is 4. The third-order valence-corrected chi connectivity index (χ3v) is 4.20. The Bertz CT molecular complexity index is 780. The molecule has 1 aromatic heterocycles. The monoisotopic (exact) mass is 332 g/mol. The van der Waals surface area contributed by atoms with Gasteiger partial charge in [-0.1, -0.05) is 6.07 Å². The lowest BCUT2D eigenvalue weighted by molar-refractivity contribution is -0.128. The minimum Gasteiger partial charge on any atom is -0.367 e. The van der Waals surface area contributed by atoms with Crippen molar-refractivity contribution in [1.82, 2.24) is 14.9 Å². The maximum absolute atomic E-state index is 14.0. The molecular formula is C16H14F2N4O2. The third-order valence-electron chi connectivity index (χ3n) is 4.20. The van der Waals surface area contributed by atoms with Gasteiger partial charge in [-0.3, -0.25) is 19.6 Å². The highest BCUT2D eigenvalue weighted by atomic mass is 19.1. The highest BCUT2D eigenvalue weighted by Crippen LogP contribution is 2.39. The van der Waals surface area contributed by atoms with Crippen LogP contribution in [-0.4, -0.2) is 33.2 Å². The molecule has 1 aliphatic heterocycles. The van der Waals surface area contributed by atoms with Crippen LogP contribution in [0.5, 0.6) is 0 Å². The van der Waals surface area contributed by atoms with Crippen molar-refractivity contribution in [3.8, 4) is 0 Å². The number of likely N-dealkylation sites (tertiary alicyclic amines) is 1. The van der Waals surface area contributed by atoms with E-state index in [1.54, 1.807) is 0 Å². The summed E-state index contributed by atoms with van der Waals surface area (Å²) in [5.74, 6) is -3.74. The second-order valence-electron chi connectivity index (χ2n) is 5.47. The Morgan fingerprint density at radius 1 is 1.21 bits per heavy atom. The van der Waals surface area contributed by atoms with Gasteiger partial charge in [0.15, 0.2) is 5.54 Å². The number of halogens is 2. The fraction of sp³-hybridized carbons (Fsp3) is 0.250. The first-order valence-corrected chi connectivity index (χ1v) is 7.31. The predicted octanol–water partition coefficient (Wildman–Crippen LogP) is 1.37. The second-order valence-corrected chi connectivity index (χ2v) is 5.47. The quantitative estimate of drug-likeness (QED) is 0.919. The van der Waals surface area contributed by atoms with Crippen LogP contribution < -0.4 is 5.73 Å². The SMILES string of the molecule is NC(=O)C1(c2cnccn2)CCCN1C(=O)c1c(F)cccc1F. The smallest absolute Gasteiger partial charge is 0.261 e. The molecule has 3 rings (SSSR count). The summed E-state index contributed by atoms with van der Waals surface area (Å²) in [4.78, 5) is 34.1. The van der Waals surface area contributed by atoms with E-state index in [2.05, 4.69) is 9.97 Å². The van der Waals surface area contributed by atoms with Gasteiger partial charge in [-0.15, -0.1) is 0 Å². The van der Waals surface area contributed by atoms with Crippen molar-refractivity contribution in [3.05, 3.63) is 59.7 Å². The van der Waals surface area contributed by atoms with E-state index in [4.69, 9.17) is 5.73 Å². The van der Waals surface area contributed by atoms with Gasteiger partial charge in [0.25, 0.3) is 5.91 Å². The molecule has 2 N–H and O–H groups in total. The minimum atomic E-state index is -1.57. The molecule has 0 bridgehead atoms. The molecule has 1 aromatic carbocycles. The van der Waals surface area contributed by atoms with Gasteiger partial charge in [-0.2, -0.15) is 0 Å². The zero-order valence-electron chi connectivity index (χ0n) is 12.6. The topological polar surface area (TPSA) is 89.2 Å². The van der Waals surface area contributed by atoms with Gasteiger partial charge in [0.2, 0.25) is 5.91 Å². The molecule has 0 spiro atoms. The van der Waals surface area contributed by atoms with Gasteiger partial charge in [-0.25, -0.2) is 8.78 Å². The zero-order valence-corrected chi connectivity index (χ0v) is 12.6. The molecule has 24 heavy (non-hydrogen) atoms. The molecule has 6 nitrogen and oxygen atoms in total. The number of aromatic nitrogens is 2. The largest absolute Gasteiger partial charge is 0.367 e. The summed E-state index contributed by atoms with van der Waals surface area (Å²) in [6, 6.07) is 3.14. The standard InChI is InChI=1S/C16H14F2N4O2/c17-10-3-1-4-11(18)13(10)14(23)22-8-2-5-16(22,15(19)24)12-9-20-6-7-21-12/h1,3-4,6-7,9H,2,5,8H2,(H2,19,24). The van der Waals surface area contributed by atoms with Crippen molar-refractivity contribution in [2.75, 3.05) is 6.54 Å². The average molecular weight is 332 g/mol. The van der Waals surface area contributed by atoms with Gasteiger partial charge in [0, 0.05) is 18.9 Å². The number of carbonyl (C=O) groups is 2. The second kappa shape index (κ2) is 5.95. The van der Waals surface area contributed by atoms with E-state index < -0.39 is 34.6 Å². The Kier molecular flexibility index (Phi) is 3.96. The van der Waals surface area contributed by atoms with Gasteiger partial charge in [0.1, 0.15) is 17.2 Å². The number of rotatable bonds is 3. The molecule has 1 unspecified atom stereocenters. The van der Waals surface area contributed by atoms with E-state index in [0.29, 0.717) is 6.42 Å². The van der Waals surface area contributed by atoms with Gasteiger partial charge >= 0.3 is 0 Å². The van der Waals surface area contributed by atoms with Crippen LogP contribution in [0.1, 0.15) is 28.9 Å². The normalized spacial score (nSPS) is 20.2. The van der Waals surface area contributed by atoms with Crippen LogP contribution in [0, 0.1) is 11.6 Å². The highest BCUT2D eigenvalue weighted by molar-refractivity contribution is 6.00. The zero-order chi connectivity index (χ0) is 17.3. The number of amides is 2. The fourth-order valence-electron chi connectivity index (χ4n) is 3.09. The van der Waals surface area contributed by atoms with Crippen LogP contribution in [0.2, 0.25) is 0 Å². The van der Waals surface area contributed by atoms with Crippen LogP contribution in [0.25, 0.3) is 0 Å². The first kappa shape index (κ1) is 16.0. The van der Waals surface area contributed by atoms with Crippen molar-refractivity contribution in [2.24, 2.45) is 5.73 Å². The first-order chi connectivity index (χ1) is 11.5. The molecule has 1 fully saturated rings. The number of carbonyl (C=O) groups excluding carboxylic acids is 2. The molecule has 1 saturated heterocycles. The Morgan fingerprint density at radius 2 is 1.92 bits per heavy atom. The van der Waals surface area contributed by atoms with Crippen molar-refractivity contribution in [1.29, 1.82) is 0 Å². The average Bonchev–Trinajstić information content (AvgIpc) is 3.01. The van der Waals surface area contributed by atoms with E-state index in [9.17, 15) is 18.4 Å². The molecule has 1 aliphatic rings. The van der Waals surface area contributed by atoms with Crippen molar-refractivity contribution >= 4 is 11.8 Å². The van der Waals surface area contributed by atoms with Crippen molar-refractivity contribution < 1.29 is 18.4 Å². The van der Waals surface area contributed by atoms with Gasteiger partial charge < -0.3 is 10.6 Å². The van der Waals surface area contributed by atoms with E-state index >= 15 is 0 Å². The van der Waals surface area contributed by atoms with Crippen molar-refractivity contribution in [3.63, 3.8) is 0 Å². The molecule has 8 heteroatoms. The minimum absolute atomic E-state index is 0.131. The third kappa shape index (κ3) is 2.31. The summed E-state index contributed by atoms with van der Waals surface area (Å²) in [6.45, 7) is 0.131. The number of nitrogens with zero attached hydrogens (tertiary/aromatic N) is 3. The lowest BCUT2D eigenvalue weighted by Crippen LogP contribution is -2.54. The maximum Gasteiger partial charge on any atom is 0.261 e. The summed E-state index contributed by atoms with van der Waals surface area (Å²) in [5.41, 5.74) is 3.46. The Balaban J connectivity index is 2.12. The number of primary amides is 1. The number of hydrogen-bond donors (Lipinski definition) is 1. The number of nitrogens with two attached hydrogens (primary N) is 1. The molecular weight excluding hydrogens is 318 g/mol. The van der Waals surface area contributed by atoms with Crippen LogP contribution in [0.15, 0.2) is 36.8 Å². The number of benzene rings is 1. The van der Waals surface area contributed by atoms with E-state index in [1.807, 2.05) is 0 Å². The van der Waals surface area contributed by atoms with Gasteiger partial charge in [0.05, 0.1) is 11.9 Å². The molecule has 0 saturated carbocycles. The molecule has 1 atom stereocenters. The Hall–Kier alpha value is -2.90. The molecule has 0 aliphatic carbocycles. The first-order valence-electron chi connectivity index (χ1n) is 7.31. The summed E-state index contributed by atoms with van der Waals surface area (Å²) < 4.78 is 28.0. The summed E-state index contributed by atoms with van der Waals surface area (Å²) in [5, 5.41) is 0. The van der Waals surface area contributed by atoms with Crippen LogP contribution >= 0.6 is 0 Å². The fourth-order valence-corrected chi connectivity index (χ4v) is 3.09. The van der Waals surface area contributed by atoms with E-state index in [1.165, 1.54) is 18.6 Å². The Morgan fingerprint density at radius 3 is 2.50 bits per heavy atom. The maximum atomic E-state index is 14.0. The van der Waals surface area contributed by atoms with E-state index in [-0.39, 0.29) is 18.7 Å². The molecule has 2 heterocycles. The summed E-state index contributed by atoms with van der Waals surface area (Å²) >= 11 is 0. The molecule has 2 aromatic rings. The van der Waals surface area contributed by atoms with Crippen LogP contribution in [0.4, 0.5) is 8.78 Å². The van der Waals surface area contributed by atoms with Crippen molar-refractivity contribution in [2.45, 2.75) is 18.4 Å². The highest BCUT2D eigenvalue weighted by Gasteiger charge is 2.52.